The minimum Gasteiger partial charge on any atom is -0.352 e. The van der Waals surface area contributed by atoms with Crippen LogP contribution < -0.4 is 5.32 Å². The van der Waals surface area contributed by atoms with Crippen molar-refractivity contribution in [1.82, 2.24) is 14.9 Å². The van der Waals surface area contributed by atoms with Gasteiger partial charge in [-0.15, -0.1) is 0 Å². The maximum Gasteiger partial charge on any atom is 0.246 e. The number of nitrogens with zero attached hydrogens (tertiary/aromatic N) is 2. The van der Waals surface area contributed by atoms with Gasteiger partial charge < -0.3 is 9.88 Å². The van der Waals surface area contributed by atoms with Crippen LogP contribution in [0.1, 0.15) is 122 Å². The standard InChI is InChI=1S/C31H51N3O/c1-4-5-6-7-8-9-10-11-12-13-14-15-16-17-18-21-26-34-29-23-20-19-22-28(29)33-30(34)24-25-32-31(35)27(2)3/h19-20,22-23H,2,4-18,21,24-26H2,1,3H3,(H,32,35). The van der Waals surface area contributed by atoms with Gasteiger partial charge in [0.25, 0.3) is 0 Å². The van der Waals surface area contributed by atoms with Crippen LogP contribution in [-0.2, 0) is 17.8 Å². The van der Waals surface area contributed by atoms with Crippen molar-refractivity contribution < 1.29 is 4.79 Å². The van der Waals surface area contributed by atoms with E-state index in [1.54, 1.807) is 6.92 Å². The summed E-state index contributed by atoms with van der Waals surface area (Å²) in [6.07, 6.45) is 22.9. The molecule has 2 aromatic rings. The summed E-state index contributed by atoms with van der Waals surface area (Å²) in [5, 5.41) is 2.93. The van der Waals surface area contributed by atoms with Crippen molar-refractivity contribution in [3.8, 4) is 0 Å². The van der Waals surface area contributed by atoms with E-state index in [1.165, 1.54) is 108 Å². The summed E-state index contributed by atoms with van der Waals surface area (Å²) in [6, 6.07) is 8.36. The summed E-state index contributed by atoms with van der Waals surface area (Å²) in [7, 11) is 0. The average molecular weight is 482 g/mol. The molecule has 0 saturated heterocycles. The molecule has 1 amide bonds. The molecule has 0 atom stereocenters. The predicted molar refractivity (Wildman–Crippen MR) is 151 cm³/mol. The number of rotatable bonds is 21. The third-order valence-electron chi connectivity index (χ3n) is 6.99. The Labute approximate surface area is 215 Å². The Kier molecular flexibility index (Phi) is 15.2. The van der Waals surface area contributed by atoms with Gasteiger partial charge in [-0.25, -0.2) is 4.98 Å². The number of aromatic nitrogens is 2. The van der Waals surface area contributed by atoms with Crippen molar-refractivity contribution in [2.45, 2.75) is 130 Å². The first kappa shape index (κ1) is 29.1. The van der Waals surface area contributed by atoms with Crippen molar-refractivity contribution in [3.63, 3.8) is 0 Å². The van der Waals surface area contributed by atoms with Gasteiger partial charge >= 0.3 is 0 Å². The summed E-state index contributed by atoms with van der Waals surface area (Å²) in [5.41, 5.74) is 2.80. The molecule has 0 bridgehead atoms. The Morgan fingerprint density at radius 3 is 1.89 bits per heavy atom. The lowest BCUT2D eigenvalue weighted by Gasteiger charge is -2.10. The van der Waals surface area contributed by atoms with E-state index < -0.39 is 0 Å². The highest BCUT2D eigenvalue weighted by Crippen LogP contribution is 2.19. The molecule has 4 heteroatoms. The molecule has 0 fully saturated rings. The number of carbonyl (C=O) groups excluding carboxylic acids is 1. The number of fused-ring (bicyclic) bond motifs is 1. The van der Waals surface area contributed by atoms with Gasteiger partial charge in [-0.1, -0.05) is 122 Å². The summed E-state index contributed by atoms with van der Waals surface area (Å²) in [4.78, 5) is 16.6. The second-order valence-electron chi connectivity index (χ2n) is 10.3. The lowest BCUT2D eigenvalue weighted by molar-refractivity contribution is -0.117. The van der Waals surface area contributed by atoms with Crippen LogP contribution in [-0.4, -0.2) is 22.0 Å². The Hall–Kier alpha value is -2.10. The quantitative estimate of drug-likeness (QED) is 0.143. The Balaban J connectivity index is 1.56. The number of imidazole rings is 1. The predicted octanol–water partition coefficient (Wildman–Crippen LogP) is 8.53. The van der Waals surface area contributed by atoms with E-state index in [2.05, 4.69) is 41.6 Å². The smallest absolute Gasteiger partial charge is 0.246 e. The number of benzene rings is 1. The van der Waals surface area contributed by atoms with Gasteiger partial charge in [-0.3, -0.25) is 4.79 Å². The lowest BCUT2D eigenvalue weighted by atomic mass is 10.0. The van der Waals surface area contributed by atoms with Crippen LogP contribution in [0.2, 0.25) is 0 Å². The van der Waals surface area contributed by atoms with E-state index in [0.29, 0.717) is 12.1 Å². The number of unbranched alkanes of at least 4 members (excludes halogenated alkanes) is 15. The molecule has 1 N–H and O–H groups in total. The third-order valence-corrected chi connectivity index (χ3v) is 6.99. The summed E-state index contributed by atoms with van der Waals surface area (Å²) >= 11 is 0. The largest absolute Gasteiger partial charge is 0.352 e. The zero-order chi connectivity index (χ0) is 25.1. The van der Waals surface area contributed by atoms with Crippen molar-refractivity contribution in [2.75, 3.05) is 6.54 Å². The molecule has 1 heterocycles. The molecule has 0 unspecified atom stereocenters. The first-order valence-electron chi connectivity index (χ1n) is 14.5. The number of hydrogen-bond acceptors (Lipinski definition) is 2. The van der Waals surface area contributed by atoms with Gasteiger partial charge in [0, 0.05) is 25.1 Å². The number of aryl methyl sites for hydroxylation is 1. The fraction of sp³-hybridized carbons (Fsp3) is 0.677. The minimum absolute atomic E-state index is 0.0783. The summed E-state index contributed by atoms with van der Waals surface area (Å²) in [6.45, 7) is 9.33. The van der Waals surface area contributed by atoms with E-state index in [-0.39, 0.29) is 5.91 Å². The fourth-order valence-electron chi connectivity index (χ4n) is 4.82. The molecule has 196 valence electrons. The highest BCUT2D eigenvalue weighted by molar-refractivity contribution is 5.92. The van der Waals surface area contributed by atoms with Gasteiger partial charge in [0.05, 0.1) is 11.0 Å². The van der Waals surface area contributed by atoms with Crippen LogP contribution >= 0.6 is 0 Å². The molecule has 0 aliphatic rings. The number of para-hydroxylation sites is 2. The molecule has 0 aliphatic carbocycles. The van der Waals surface area contributed by atoms with Gasteiger partial charge in [0.15, 0.2) is 0 Å². The van der Waals surface area contributed by atoms with Gasteiger partial charge in [0.2, 0.25) is 5.91 Å². The normalized spacial score (nSPS) is 11.3. The number of nitrogens with one attached hydrogen (secondary N) is 1. The second kappa shape index (κ2) is 18.2. The van der Waals surface area contributed by atoms with E-state index in [4.69, 9.17) is 4.98 Å². The average Bonchev–Trinajstić information content (AvgIpc) is 3.21. The molecule has 1 aromatic heterocycles. The molecule has 0 spiro atoms. The first-order chi connectivity index (χ1) is 17.1. The molecule has 2 rings (SSSR count). The maximum atomic E-state index is 11.8. The zero-order valence-corrected chi connectivity index (χ0v) is 22.8. The molecule has 0 radical (unpaired) electrons. The zero-order valence-electron chi connectivity index (χ0n) is 22.8. The number of carbonyl (C=O) groups is 1. The highest BCUT2D eigenvalue weighted by Gasteiger charge is 2.11. The van der Waals surface area contributed by atoms with Crippen LogP contribution in [0.15, 0.2) is 36.4 Å². The van der Waals surface area contributed by atoms with Crippen LogP contribution in [0.25, 0.3) is 11.0 Å². The fourth-order valence-corrected chi connectivity index (χ4v) is 4.82. The SMILES string of the molecule is C=C(C)C(=O)NCCc1nc2ccccc2n1CCCCCCCCCCCCCCCCCC. The molecular formula is C31H51N3O. The Bertz CT molecular complexity index is 854. The Morgan fingerprint density at radius 1 is 0.829 bits per heavy atom. The van der Waals surface area contributed by atoms with Crippen molar-refractivity contribution in [1.29, 1.82) is 0 Å². The van der Waals surface area contributed by atoms with E-state index in [9.17, 15) is 4.79 Å². The summed E-state index contributed by atoms with van der Waals surface area (Å²) in [5.74, 6) is 0.986. The number of hydrogen-bond donors (Lipinski definition) is 1. The van der Waals surface area contributed by atoms with Crippen molar-refractivity contribution in [2.24, 2.45) is 0 Å². The maximum absolute atomic E-state index is 11.8. The lowest BCUT2D eigenvalue weighted by Crippen LogP contribution is -2.26. The third kappa shape index (κ3) is 11.9. The van der Waals surface area contributed by atoms with E-state index in [0.717, 1.165) is 24.3 Å². The molecule has 35 heavy (non-hydrogen) atoms. The topological polar surface area (TPSA) is 46.9 Å². The molecular weight excluding hydrogens is 430 g/mol. The molecule has 1 aromatic carbocycles. The van der Waals surface area contributed by atoms with Crippen molar-refractivity contribution in [3.05, 3.63) is 42.2 Å². The summed E-state index contributed by atoms with van der Waals surface area (Å²) < 4.78 is 2.35. The minimum atomic E-state index is -0.0783. The van der Waals surface area contributed by atoms with E-state index in [1.807, 2.05) is 6.07 Å². The van der Waals surface area contributed by atoms with Gasteiger partial charge in [-0.05, 0) is 25.5 Å². The first-order valence-corrected chi connectivity index (χ1v) is 14.5. The van der Waals surface area contributed by atoms with Crippen molar-refractivity contribution >= 4 is 16.9 Å². The van der Waals surface area contributed by atoms with Crippen LogP contribution in [0.5, 0.6) is 0 Å². The monoisotopic (exact) mass is 481 g/mol. The Morgan fingerprint density at radius 2 is 1.34 bits per heavy atom. The van der Waals surface area contributed by atoms with Crippen LogP contribution in [0.4, 0.5) is 0 Å². The molecule has 4 nitrogen and oxygen atoms in total. The van der Waals surface area contributed by atoms with Crippen LogP contribution in [0.3, 0.4) is 0 Å². The van der Waals surface area contributed by atoms with Gasteiger partial charge in [0.1, 0.15) is 5.82 Å². The number of amides is 1. The van der Waals surface area contributed by atoms with Crippen LogP contribution in [0, 0.1) is 0 Å². The van der Waals surface area contributed by atoms with E-state index >= 15 is 0 Å². The molecule has 0 aliphatic heterocycles. The van der Waals surface area contributed by atoms with Gasteiger partial charge in [-0.2, -0.15) is 0 Å². The molecule has 0 saturated carbocycles. The second-order valence-corrected chi connectivity index (χ2v) is 10.3. The highest BCUT2D eigenvalue weighted by atomic mass is 16.1.